The van der Waals surface area contributed by atoms with Gasteiger partial charge in [-0.2, -0.15) is 0 Å². The Labute approximate surface area is 142 Å². The van der Waals surface area contributed by atoms with Gasteiger partial charge in [0, 0.05) is 26.1 Å². The Morgan fingerprint density at radius 1 is 1.38 bits per heavy atom. The molecule has 132 valence electrons. The molecule has 1 aliphatic carbocycles. The fraction of sp³-hybridized carbons (Fsp3) is 0.667. The van der Waals surface area contributed by atoms with Gasteiger partial charge in [-0.15, -0.1) is 0 Å². The van der Waals surface area contributed by atoms with Crippen molar-refractivity contribution in [3.05, 3.63) is 24.1 Å². The average molecular weight is 335 g/mol. The summed E-state index contributed by atoms with van der Waals surface area (Å²) in [6, 6.07) is 3.00. The van der Waals surface area contributed by atoms with Crippen LogP contribution in [0, 0.1) is 11.7 Å². The van der Waals surface area contributed by atoms with Crippen molar-refractivity contribution in [2.45, 2.75) is 50.5 Å². The maximum atomic E-state index is 13.0. The van der Waals surface area contributed by atoms with E-state index in [1.165, 1.54) is 25.1 Å². The Kier molecular flexibility index (Phi) is 5.33. The number of pyridine rings is 1. The Balaban J connectivity index is 1.52. The number of β-amino-alcohol motifs (C(OH)–C–C–N with tert-alkyl or cyclic N) is 1. The molecular weight excluding hydrogens is 309 g/mol. The van der Waals surface area contributed by atoms with Crippen LogP contribution in [-0.4, -0.2) is 41.2 Å². The first-order chi connectivity index (χ1) is 11.5. The number of aromatic nitrogens is 1. The lowest BCUT2D eigenvalue weighted by Crippen LogP contribution is -2.54. The zero-order valence-corrected chi connectivity index (χ0v) is 14.0. The normalized spacial score (nSPS) is 25.0. The van der Waals surface area contributed by atoms with Crippen molar-refractivity contribution < 1.29 is 14.3 Å². The van der Waals surface area contributed by atoms with E-state index in [0.29, 0.717) is 31.1 Å². The van der Waals surface area contributed by atoms with E-state index in [-0.39, 0.29) is 18.3 Å². The van der Waals surface area contributed by atoms with Crippen LogP contribution in [0.25, 0.3) is 0 Å². The van der Waals surface area contributed by atoms with Crippen molar-refractivity contribution in [2.24, 2.45) is 5.92 Å². The molecule has 0 unspecified atom stereocenters. The second kappa shape index (κ2) is 7.47. The van der Waals surface area contributed by atoms with Crippen LogP contribution in [-0.2, 0) is 4.79 Å². The summed E-state index contributed by atoms with van der Waals surface area (Å²) in [5.74, 6) is 0.829. The third kappa shape index (κ3) is 4.44. The van der Waals surface area contributed by atoms with E-state index < -0.39 is 5.60 Å². The first kappa shape index (κ1) is 17.1. The highest BCUT2D eigenvalue weighted by Gasteiger charge is 2.34. The van der Waals surface area contributed by atoms with E-state index in [0.717, 1.165) is 25.8 Å². The molecule has 1 amide bonds. The SMILES string of the molecule is O=C(CC1CCCC1)NC[C@@]1(O)CCCN(c2ccc(F)cn2)C1. The molecule has 1 aromatic heterocycles. The molecule has 2 fully saturated rings. The van der Waals surface area contributed by atoms with Crippen LogP contribution in [0.4, 0.5) is 10.2 Å². The van der Waals surface area contributed by atoms with Crippen LogP contribution in [0.3, 0.4) is 0 Å². The van der Waals surface area contributed by atoms with Gasteiger partial charge in [0.15, 0.2) is 0 Å². The molecule has 24 heavy (non-hydrogen) atoms. The lowest BCUT2D eigenvalue weighted by molar-refractivity contribution is -0.123. The zero-order chi connectivity index (χ0) is 17.0. The van der Waals surface area contributed by atoms with Gasteiger partial charge in [-0.3, -0.25) is 4.79 Å². The number of anilines is 1. The second-order valence-electron chi connectivity index (χ2n) is 7.22. The molecule has 0 aromatic carbocycles. The van der Waals surface area contributed by atoms with E-state index in [1.807, 2.05) is 4.90 Å². The molecule has 0 radical (unpaired) electrons. The van der Waals surface area contributed by atoms with Crippen molar-refractivity contribution >= 4 is 11.7 Å². The number of hydrogen-bond donors (Lipinski definition) is 2. The van der Waals surface area contributed by atoms with Crippen LogP contribution in [0.1, 0.15) is 44.9 Å². The summed E-state index contributed by atoms with van der Waals surface area (Å²) in [5, 5.41) is 13.7. The Hall–Kier alpha value is -1.69. The molecule has 1 saturated carbocycles. The molecule has 1 saturated heterocycles. The average Bonchev–Trinajstić information content (AvgIpc) is 3.07. The van der Waals surface area contributed by atoms with Crippen LogP contribution >= 0.6 is 0 Å². The van der Waals surface area contributed by atoms with Gasteiger partial charge in [0.25, 0.3) is 0 Å². The smallest absolute Gasteiger partial charge is 0.220 e. The third-order valence-electron chi connectivity index (χ3n) is 5.15. The minimum atomic E-state index is -0.959. The predicted octanol–water partition coefficient (Wildman–Crippen LogP) is 2.25. The Morgan fingerprint density at radius 3 is 2.88 bits per heavy atom. The summed E-state index contributed by atoms with van der Waals surface area (Å²) in [6.45, 7) is 1.43. The van der Waals surface area contributed by atoms with E-state index in [2.05, 4.69) is 10.3 Å². The number of aliphatic hydroxyl groups is 1. The van der Waals surface area contributed by atoms with E-state index in [1.54, 1.807) is 6.07 Å². The fourth-order valence-corrected chi connectivity index (χ4v) is 3.82. The minimum Gasteiger partial charge on any atom is -0.386 e. The van der Waals surface area contributed by atoms with Crippen molar-refractivity contribution in [3.8, 4) is 0 Å². The largest absolute Gasteiger partial charge is 0.386 e. The van der Waals surface area contributed by atoms with Crippen molar-refractivity contribution in [2.75, 3.05) is 24.5 Å². The second-order valence-corrected chi connectivity index (χ2v) is 7.22. The monoisotopic (exact) mass is 335 g/mol. The van der Waals surface area contributed by atoms with Gasteiger partial charge in [-0.05, 0) is 43.7 Å². The molecule has 2 N–H and O–H groups in total. The fourth-order valence-electron chi connectivity index (χ4n) is 3.82. The van der Waals surface area contributed by atoms with Gasteiger partial charge >= 0.3 is 0 Å². The summed E-state index contributed by atoms with van der Waals surface area (Å²) in [5.41, 5.74) is -0.959. The van der Waals surface area contributed by atoms with Gasteiger partial charge in [-0.1, -0.05) is 12.8 Å². The summed E-state index contributed by atoms with van der Waals surface area (Å²) in [4.78, 5) is 18.1. The molecule has 0 spiro atoms. The summed E-state index contributed by atoms with van der Waals surface area (Å²) in [7, 11) is 0. The predicted molar refractivity (Wildman–Crippen MR) is 90.2 cm³/mol. The lowest BCUT2D eigenvalue weighted by atomic mass is 9.92. The molecule has 2 aliphatic rings. The van der Waals surface area contributed by atoms with Gasteiger partial charge < -0.3 is 15.3 Å². The molecule has 0 bridgehead atoms. The maximum absolute atomic E-state index is 13.0. The van der Waals surface area contributed by atoms with Crippen LogP contribution < -0.4 is 10.2 Å². The molecule has 5 nitrogen and oxygen atoms in total. The summed E-state index contributed by atoms with van der Waals surface area (Å²) < 4.78 is 13.0. The third-order valence-corrected chi connectivity index (χ3v) is 5.15. The Morgan fingerprint density at radius 2 is 2.17 bits per heavy atom. The number of piperidine rings is 1. The van der Waals surface area contributed by atoms with Crippen LogP contribution in [0.2, 0.25) is 0 Å². The molecule has 1 atom stereocenters. The van der Waals surface area contributed by atoms with Gasteiger partial charge in [-0.25, -0.2) is 9.37 Å². The van der Waals surface area contributed by atoms with E-state index in [4.69, 9.17) is 0 Å². The molecule has 6 heteroatoms. The van der Waals surface area contributed by atoms with Gasteiger partial charge in [0.2, 0.25) is 5.91 Å². The number of amides is 1. The first-order valence-electron chi connectivity index (χ1n) is 8.90. The molecular formula is C18H26FN3O2. The zero-order valence-electron chi connectivity index (χ0n) is 14.0. The number of nitrogens with zero attached hydrogens (tertiary/aromatic N) is 2. The number of carbonyl (C=O) groups excluding carboxylic acids is 1. The highest BCUT2D eigenvalue weighted by Crippen LogP contribution is 2.28. The Bertz CT molecular complexity index is 560. The number of nitrogens with one attached hydrogen (secondary N) is 1. The highest BCUT2D eigenvalue weighted by molar-refractivity contribution is 5.76. The number of carbonyl (C=O) groups is 1. The van der Waals surface area contributed by atoms with Crippen molar-refractivity contribution in [3.63, 3.8) is 0 Å². The number of hydrogen-bond acceptors (Lipinski definition) is 4. The highest BCUT2D eigenvalue weighted by atomic mass is 19.1. The minimum absolute atomic E-state index is 0.0346. The van der Waals surface area contributed by atoms with Gasteiger partial charge in [0.05, 0.1) is 11.8 Å². The van der Waals surface area contributed by atoms with E-state index in [9.17, 15) is 14.3 Å². The molecule has 1 aliphatic heterocycles. The van der Waals surface area contributed by atoms with Gasteiger partial charge in [0.1, 0.15) is 11.6 Å². The topological polar surface area (TPSA) is 65.5 Å². The maximum Gasteiger partial charge on any atom is 0.220 e. The van der Waals surface area contributed by atoms with Crippen LogP contribution in [0.5, 0.6) is 0 Å². The van der Waals surface area contributed by atoms with E-state index >= 15 is 0 Å². The first-order valence-corrected chi connectivity index (χ1v) is 8.90. The summed E-state index contributed by atoms with van der Waals surface area (Å²) in [6.07, 6.45) is 7.95. The standard InChI is InChI=1S/C18H26FN3O2/c19-15-6-7-16(20-11-15)22-9-3-8-18(24,13-22)12-21-17(23)10-14-4-1-2-5-14/h6-7,11,14,24H,1-5,8-10,12-13H2,(H,21,23)/t18-/m0/s1. The molecule has 3 rings (SSSR count). The van der Waals surface area contributed by atoms with Crippen LogP contribution in [0.15, 0.2) is 18.3 Å². The summed E-state index contributed by atoms with van der Waals surface area (Å²) >= 11 is 0. The number of rotatable bonds is 5. The molecule has 2 heterocycles. The molecule has 1 aromatic rings. The van der Waals surface area contributed by atoms with Crippen molar-refractivity contribution in [1.82, 2.24) is 10.3 Å². The van der Waals surface area contributed by atoms with Crippen molar-refractivity contribution in [1.29, 1.82) is 0 Å². The lowest BCUT2D eigenvalue weighted by Gasteiger charge is -2.40. The quantitative estimate of drug-likeness (QED) is 0.866. The number of halogens is 1.